The van der Waals surface area contributed by atoms with Gasteiger partial charge in [-0.05, 0) is 38.8 Å². The average Bonchev–Trinajstić information content (AvgIpc) is 2.70. The van der Waals surface area contributed by atoms with Crippen LogP contribution in [0.3, 0.4) is 0 Å². The van der Waals surface area contributed by atoms with E-state index < -0.39 is 11.7 Å². The molecule has 28 heavy (non-hydrogen) atoms. The predicted octanol–water partition coefficient (Wildman–Crippen LogP) is 1.80. The minimum atomic E-state index is -0.546. The Labute approximate surface area is 165 Å². The van der Waals surface area contributed by atoms with Gasteiger partial charge in [0.1, 0.15) is 5.82 Å². The van der Waals surface area contributed by atoms with Crippen molar-refractivity contribution >= 4 is 17.8 Å². The molecule has 1 aromatic carbocycles. The fraction of sp³-hybridized carbons (Fsp3) is 0.550. The summed E-state index contributed by atoms with van der Waals surface area (Å²) in [6, 6.07) is 5.87. The second-order valence-electron chi connectivity index (χ2n) is 6.51. The zero-order valence-corrected chi connectivity index (χ0v) is 16.5. The van der Waals surface area contributed by atoms with Gasteiger partial charge in [0, 0.05) is 26.2 Å². The third kappa shape index (κ3) is 6.21. The largest absolute Gasteiger partial charge is 0.466 e. The fourth-order valence-corrected chi connectivity index (χ4v) is 3.12. The molecule has 0 aliphatic carbocycles. The Morgan fingerprint density at radius 1 is 1.29 bits per heavy atom. The minimum absolute atomic E-state index is 0.0201. The van der Waals surface area contributed by atoms with E-state index in [0.29, 0.717) is 32.2 Å². The van der Waals surface area contributed by atoms with Crippen LogP contribution < -0.4 is 10.6 Å². The number of hydrogen-bond donors (Lipinski definition) is 2. The first-order chi connectivity index (χ1) is 13.6. The van der Waals surface area contributed by atoms with Crippen molar-refractivity contribution < 1.29 is 18.7 Å². The fourth-order valence-electron chi connectivity index (χ4n) is 3.12. The van der Waals surface area contributed by atoms with E-state index >= 15 is 0 Å². The molecule has 0 spiro atoms. The molecule has 0 unspecified atom stereocenters. The van der Waals surface area contributed by atoms with E-state index in [1.807, 2.05) is 11.8 Å². The van der Waals surface area contributed by atoms with Crippen molar-refractivity contribution in [1.29, 1.82) is 0 Å². The summed E-state index contributed by atoms with van der Waals surface area (Å²) < 4.78 is 18.8. The number of aliphatic imine (C=N–C) groups is 1. The van der Waals surface area contributed by atoms with Gasteiger partial charge in [0.05, 0.1) is 24.6 Å². The van der Waals surface area contributed by atoms with Gasteiger partial charge in [-0.1, -0.05) is 12.1 Å². The highest BCUT2D eigenvalue weighted by molar-refractivity contribution is 5.94. The zero-order chi connectivity index (χ0) is 20.4. The van der Waals surface area contributed by atoms with E-state index in [2.05, 4.69) is 15.6 Å². The molecule has 1 fully saturated rings. The molecule has 8 heteroatoms. The third-order valence-corrected chi connectivity index (χ3v) is 4.45. The number of halogens is 1. The molecule has 0 radical (unpaired) electrons. The van der Waals surface area contributed by atoms with Crippen molar-refractivity contribution in [3.63, 3.8) is 0 Å². The average molecular weight is 392 g/mol. The Balaban J connectivity index is 1.90. The van der Waals surface area contributed by atoms with E-state index in [0.717, 1.165) is 19.4 Å². The van der Waals surface area contributed by atoms with Crippen LogP contribution in [0.2, 0.25) is 0 Å². The number of nitrogens with zero attached hydrogens (tertiary/aromatic N) is 2. The molecule has 1 aliphatic rings. The molecule has 1 atom stereocenters. The van der Waals surface area contributed by atoms with E-state index in [4.69, 9.17) is 4.74 Å². The number of likely N-dealkylation sites (tertiary alicyclic amines) is 1. The van der Waals surface area contributed by atoms with Gasteiger partial charge in [-0.25, -0.2) is 4.39 Å². The molecule has 7 nitrogen and oxygen atoms in total. The maximum absolute atomic E-state index is 13.6. The molecular weight excluding hydrogens is 363 g/mol. The summed E-state index contributed by atoms with van der Waals surface area (Å²) in [4.78, 5) is 30.7. The van der Waals surface area contributed by atoms with Gasteiger partial charge in [-0.15, -0.1) is 0 Å². The number of carbonyl (C=O) groups is 2. The standard InChI is InChI=1S/C20H29FN4O3/c1-3-22-20(25-13-7-8-15(14-25)19(27)28-4-2)24-12-11-23-18(26)16-9-5-6-10-17(16)21/h5-6,9-10,15H,3-4,7-8,11-14H2,1-2H3,(H,22,24)(H,23,26)/t15-/m0/s1. The summed E-state index contributed by atoms with van der Waals surface area (Å²) in [5, 5.41) is 5.90. The molecule has 1 aliphatic heterocycles. The normalized spacial score (nSPS) is 17.2. The zero-order valence-electron chi connectivity index (χ0n) is 16.5. The number of rotatable bonds is 7. The number of hydrogen-bond acceptors (Lipinski definition) is 4. The Bertz CT molecular complexity index is 696. The molecule has 1 aromatic rings. The number of carbonyl (C=O) groups excluding carboxylic acids is 2. The summed E-state index contributed by atoms with van der Waals surface area (Å²) in [5.74, 6) is -0.621. The van der Waals surface area contributed by atoms with Crippen LogP contribution in [0.5, 0.6) is 0 Å². The molecule has 2 rings (SSSR count). The van der Waals surface area contributed by atoms with Gasteiger partial charge < -0.3 is 20.3 Å². The molecule has 0 bridgehead atoms. The highest BCUT2D eigenvalue weighted by atomic mass is 19.1. The number of guanidine groups is 1. The molecule has 1 amide bonds. The van der Waals surface area contributed by atoms with E-state index in [-0.39, 0.29) is 24.0 Å². The van der Waals surface area contributed by atoms with Gasteiger partial charge in [0.15, 0.2) is 5.96 Å². The maximum atomic E-state index is 13.6. The van der Waals surface area contributed by atoms with Crippen LogP contribution in [0.25, 0.3) is 0 Å². The van der Waals surface area contributed by atoms with Crippen molar-refractivity contribution in [2.75, 3.05) is 39.3 Å². The molecule has 0 aromatic heterocycles. The molecule has 1 heterocycles. The van der Waals surface area contributed by atoms with Gasteiger partial charge >= 0.3 is 5.97 Å². The number of amides is 1. The first-order valence-electron chi connectivity index (χ1n) is 9.79. The summed E-state index contributed by atoms with van der Waals surface area (Å²) in [6.45, 7) is 6.87. The number of benzene rings is 1. The number of piperidine rings is 1. The van der Waals surface area contributed by atoms with E-state index in [1.165, 1.54) is 12.1 Å². The molecule has 0 saturated carbocycles. The quantitative estimate of drug-likeness (QED) is 0.320. The summed E-state index contributed by atoms with van der Waals surface area (Å²) >= 11 is 0. The Hall–Kier alpha value is -2.64. The Morgan fingerprint density at radius 2 is 2.07 bits per heavy atom. The van der Waals surface area contributed by atoms with Crippen molar-refractivity contribution in [2.24, 2.45) is 10.9 Å². The molecule has 154 valence electrons. The van der Waals surface area contributed by atoms with Crippen LogP contribution in [0.1, 0.15) is 37.0 Å². The lowest BCUT2D eigenvalue weighted by Gasteiger charge is -2.34. The van der Waals surface area contributed by atoms with Crippen molar-refractivity contribution in [2.45, 2.75) is 26.7 Å². The number of ether oxygens (including phenoxy) is 1. The maximum Gasteiger partial charge on any atom is 0.310 e. The number of nitrogens with one attached hydrogen (secondary N) is 2. The van der Waals surface area contributed by atoms with Crippen molar-refractivity contribution in [3.8, 4) is 0 Å². The van der Waals surface area contributed by atoms with Crippen LogP contribution in [0.15, 0.2) is 29.3 Å². The Kier molecular flexibility index (Phi) is 8.71. The van der Waals surface area contributed by atoms with Gasteiger partial charge in [-0.3, -0.25) is 14.6 Å². The Morgan fingerprint density at radius 3 is 2.79 bits per heavy atom. The SMILES string of the molecule is CCNC(=NCCNC(=O)c1ccccc1F)N1CCC[C@H](C(=O)OCC)C1. The van der Waals surface area contributed by atoms with Crippen LogP contribution in [-0.4, -0.2) is 62.1 Å². The molecule has 2 N–H and O–H groups in total. The van der Waals surface area contributed by atoms with Gasteiger partial charge in [0.25, 0.3) is 5.91 Å². The number of esters is 1. The second-order valence-corrected chi connectivity index (χ2v) is 6.51. The molecule has 1 saturated heterocycles. The van der Waals surface area contributed by atoms with Crippen LogP contribution >= 0.6 is 0 Å². The lowest BCUT2D eigenvalue weighted by Crippen LogP contribution is -2.48. The van der Waals surface area contributed by atoms with Crippen LogP contribution in [0, 0.1) is 11.7 Å². The van der Waals surface area contributed by atoms with E-state index in [1.54, 1.807) is 19.1 Å². The lowest BCUT2D eigenvalue weighted by molar-refractivity contribution is -0.149. The van der Waals surface area contributed by atoms with Crippen molar-refractivity contribution in [1.82, 2.24) is 15.5 Å². The molecular formula is C20H29FN4O3. The van der Waals surface area contributed by atoms with Gasteiger partial charge in [-0.2, -0.15) is 0 Å². The topological polar surface area (TPSA) is 83.0 Å². The lowest BCUT2D eigenvalue weighted by atomic mass is 9.98. The van der Waals surface area contributed by atoms with Crippen LogP contribution in [-0.2, 0) is 9.53 Å². The van der Waals surface area contributed by atoms with Crippen molar-refractivity contribution in [3.05, 3.63) is 35.6 Å². The summed E-state index contributed by atoms with van der Waals surface area (Å²) in [5.41, 5.74) is 0.0201. The summed E-state index contributed by atoms with van der Waals surface area (Å²) in [6.07, 6.45) is 1.70. The minimum Gasteiger partial charge on any atom is -0.466 e. The second kappa shape index (κ2) is 11.3. The third-order valence-electron chi connectivity index (χ3n) is 4.45. The van der Waals surface area contributed by atoms with Crippen LogP contribution in [0.4, 0.5) is 4.39 Å². The highest BCUT2D eigenvalue weighted by Gasteiger charge is 2.28. The van der Waals surface area contributed by atoms with E-state index in [9.17, 15) is 14.0 Å². The predicted molar refractivity (Wildman–Crippen MR) is 106 cm³/mol. The summed E-state index contributed by atoms with van der Waals surface area (Å²) in [7, 11) is 0. The first kappa shape index (κ1) is 21.7. The van der Waals surface area contributed by atoms with Gasteiger partial charge in [0.2, 0.25) is 0 Å². The highest BCUT2D eigenvalue weighted by Crippen LogP contribution is 2.18. The first-order valence-corrected chi connectivity index (χ1v) is 9.79. The smallest absolute Gasteiger partial charge is 0.310 e. The monoisotopic (exact) mass is 392 g/mol.